The van der Waals surface area contributed by atoms with E-state index in [9.17, 15) is 18.5 Å². The topological polar surface area (TPSA) is 90.7 Å². The maximum absolute atomic E-state index is 13.5. The molecule has 10 heteroatoms. The summed E-state index contributed by atoms with van der Waals surface area (Å²) >= 11 is 12.1. The molecule has 176 valence electrons. The first-order valence-electron chi connectivity index (χ1n) is 10.3. The van der Waals surface area contributed by atoms with E-state index in [-0.39, 0.29) is 46.4 Å². The molecular formula is C23H25Cl2N3O4S. The molecule has 1 fully saturated rings. The van der Waals surface area contributed by atoms with Gasteiger partial charge in [0.25, 0.3) is 0 Å². The zero-order chi connectivity index (χ0) is 24.4. The van der Waals surface area contributed by atoms with E-state index in [2.05, 4.69) is 0 Å². The van der Waals surface area contributed by atoms with Crippen LogP contribution in [0.2, 0.25) is 10.0 Å². The van der Waals surface area contributed by atoms with Crippen LogP contribution in [-0.2, 0) is 14.8 Å². The Bertz CT molecular complexity index is 1170. The van der Waals surface area contributed by atoms with Crippen LogP contribution in [-0.4, -0.2) is 49.7 Å². The predicted molar refractivity (Wildman–Crippen MR) is 127 cm³/mol. The van der Waals surface area contributed by atoms with E-state index in [0.717, 1.165) is 0 Å². The summed E-state index contributed by atoms with van der Waals surface area (Å²) in [5, 5.41) is 9.98. The molecule has 0 aliphatic carbocycles. The molecule has 0 radical (unpaired) electrons. The first-order valence-corrected chi connectivity index (χ1v) is 12.5. The number of hydrogen-bond donors (Lipinski definition) is 0. The number of nitriles is 1. The normalized spacial score (nSPS) is 15.2. The molecule has 0 N–H and O–H groups in total. The van der Waals surface area contributed by atoms with Crippen molar-refractivity contribution in [2.75, 3.05) is 26.2 Å². The van der Waals surface area contributed by atoms with Gasteiger partial charge in [0, 0.05) is 42.6 Å². The van der Waals surface area contributed by atoms with Crippen molar-refractivity contribution in [2.24, 2.45) is 5.41 Å². The molecule has 0 atom stereocenters. The molecular weight excluding hydrogens is 485 g/mol. The second-order valence-corrected chi connectivity index (χ2v) is 11.8. The lowest BCUT2D eigenvalue weighted by atomic mass is 9.91. The van der Waals surface area contributed by atoms with E-state index in [1.165, 1.54) is 40.7 Å². The number of benzene rings is 2. The molecule has 3 rings (SSSR count). The molecule has 1 heterocycles. The van der Waals surface area contributed by atoms with Crippen molar-refractivity contribution in [1.82, 2.24) is 9.21 Å². The third-order valence-electron chi connectivity index (χ3n) is 5.03. The number of carbonyl (C=O) groups excluding carboxylic acids is 1. The predicted octanol–water partition coefficient (Wildman–Crippen LogP) is 4.93. The summed E-state index contributed by atoms with van der Waals surface area (Å²) in [7, 11) is -4.00. The molecule has 0 saturated carbocycles. The highest BCUT2D eigenvalue weighted by Gasteiger charge is 2.33. The third-order valence-corrected chi connectivity index (χ3v) is 7.38. The molecule has 2 aromatic rings. The molecule has 7 nitrogen and oxygen atoms in total. The Labute approximate surface area is 204 Å². The van der Waals surface area contributed by atoms with Crippen molar-refractivity contribution in [3.8, 4) is 17.6 Å². The summed E-state index contributed by atoms with van der Waals surface area (Å²) in [6.45, 7) is 6.86. The molecule has 1 saturated heterocycles. The van der Waals surface area contributed by atoms with Crippen LogP contribution in [0.25, 0.3) is 0 Å². The maximum atomic E-state index is 13.5. The average Bonchev–Trinajstić information content (AvgIpc) is 2.72. The zero-order valence-electron chi connectivity index (χ0n) is 18.6. The molecule has 2 aromatic carbocycles. The van der Waals surface area contributed by atoms with Crippen molar-refractivity contribution >= 4 is 39.1 Å². The zero-order valence-corrected chi connectivity index (χ0v) is 21.0. The molecule has 0 unspecified atom stereocenters. The van der Waals surface area contributed by atoms with E-state index in [4.69, 9.17) is 27.9 Å². The Hall–Kier alpha value is -2.31. The van der Waals surface area contributed by atoms with Gasteiger partial charge in [0.05, 0.1) is 11.6 Å². The van der Waals surface area contributed by atoms with Crippen LogP contribution in [0.15, 0.2) is 41.3 Å². The lowest BCUT2D eigenvalue weighted by molar-refractivity contribution is -0.134. The Kier molecular flexibility index (Phi) is 7.59. The fourth-order valence-corrected chi connectivity index (χ4v) is 5.53. The van der Waals surface area contributed by atoms with E-state index >= 15 is 0 Å². The van der Waals surface area contributed by atoms with Crippen LogP contribution in [0.5, 0.6) is 11.5 Å². The molecule has 1 aliphatic heterocycles. The average molecular weight is 510 g/mol. The van der Waals surface area contributed by atoms with Gasteiger partial charge >= 0.3 is 0 Å². The second kappa shape index (κ2) is 9.90. The molecule has 1 amide bonds. The summed E-state index contributed by atoms with van der Waals surface area (Å²) in [5.41, 5.74) is 0.0390. The molecule has 0 aromatic heterocycles. The number of halogens is 2. The lowest BCUT2D eigenvalue weighted by Crippen LogP contribution is -2.51. The minimum atomic E-state index is -4.00. The summed E-state index contributed by atoms with van der Waals surface area (Å²) < 4.78 is 34.1. The van der Waals surface area contributed by atoms with Gasteiger partial charge in [0.15, 0.2) is 0 Å². The number of rotatable bonds is 5. The first kappa shape index (κ1) is 25.3. The summed E-state index contributed by atoms with van der Waals surface area (Å²) in [4.78, 5) is 14.1. The Morgan fingerprint density at radius 2 is 1.67 bits per heavy atom. The van der Waals surface area contributed by atoms with Gasteiger partial charge in [-0.25, -0.2) is 8.42 Å². The van der Waals surface area contributed by atoms with Crippen LogP contribution >= 0.6 is 23.2 Å². The van der Waals surface area contributed by atoms with Gasteiger partial charge in [-0.3, -0.25) is 4.79 Å². The first-order chi connectivity index (χ1) is 15.4. The fraction of sp³-hybridized carbons (Fsp3) is 0.391. The largest absolute Gasteiger partial charge is 0.456 e. The van der Waals surface area contributed by atoms with Crippen LogP contribution in [0.1, 0.15) is 32.8 Å². The van der Waals surface area contributed by atoms with Gasteiger partial charge in [-0.15, -0.1) is 0 Å². The number of carbonyl (C=O) groups is 1. The van der Waals surface area contributed by atoms with Crippen molar-refractivity contribution in [1.29, 1.82) is 5.26 Å². The number of piperazine rings is 1. The van der Waals surface area contributed by atoms with Gasteiger partial charge in [0.1, 0.15) is 16.4 Å². The number of sulfonamides is 1. The summed E-state index contributed by atoms with van der Waals surface area (Å²) in [6, 6.07) is 10.7. The molecule has 1 aliphatic rings. The van der Waals surface area contributed by atoms with Gasteiger partial charge in [-0.2, -0.15) is 9.57 Å². The van der Waals surface area contributed by atoms with Crippen LogP contribution in [0.3, 0.4) is 0 Å². The van der Waals surface area contributed by atoms with Crippen LogP contribution in [0, 0.1) is 16.7 Å². The molecule has 0 spiro atoms. The van der Waals surface area contributed by atoms with Gasteiger partial charge in [0.2, 0.25) is 15.9 Å². The number of hydrogen-bond acceptors (Lipinski definition) is 5. The Morgan fingerprint density at radius 3 is 2.21 bits per heavy atom. The summed E-state index contributed by atoms with van der Waals surface area (Å²) in [5.74, 6) is 0.331. The quantitative estimate of drug-likeness (QED) is 0.569. The monoisotopic (exact) mass is 509 g/mol. The highest BCUT2D eigenvalue weighted by molar-refractivity contribution is 7.89. The minimum absolute atomic E-state index is 0.00730. The number of amides is 1. The highest BCUT2D eigenvalue weighted by atomic mass is 35.5. The van der Waals surface area contributed by atoms with Crippen molar-refractivity contribution in [2.45, 2.75) is 32.1 Å². The van der Waals surface area contributed by atoms with Gasteiger partial charge < -0.3 is 9.64 Å². The number of ether oxygens (including phenoxy) is 1. The van der Waals surface area contributed by atoms with Crippen LogP contribution < -0.4 is 4.74 Å². The van der Waals surface area contributed by atoms with Crippen molar-refractivity contribution < 1.29 is 17.9 Å². The number of nitrogens with zero attached hydrogens (tertiary/aromatic N) is 3. The fourth-order valence-electron chi connectivity index (χ4n) is 3.46. The van der Waals surface area contributed by atoms with Gasteiger partial charge in [-0.1, -0.05) is 44.0 Å². The smallest absolute Gasteiger partial charge is 0.246 e. The van der Waals surface area contributed by atoms with Gasteiger partial charge in [-0.05, 0) is 41.8 Å². The second-order valence-electron chi connectivity index (χ2n) is 9.00. The third kappa shape index (κ3) is 6.39. The highest BCUT2D eigenvalue weighted by Crippen LogP contribution is 2.34. The van der Waals surface area contributed by atoms with E-state index in [1.807, 2.05) is 26.8 Å². The van der Waals surface area contributed by atoms with Crippen LogP contribution in [0.4, 0.5) is 0 Å². The maximum Gasteiger partial charge on any atom is 0.246 e. The lowest BCUT2D eigenvalue weighted by Gasteiger charge is -2.35. The Balaban J connectivity index is 1.85. The molecule has 0 bridgehead atoms. The molecule has 33 heavy (non-hydrogen) atoms. The minimum Gasteiger partial charge on any atom is -0.456 e. The SMILES string of the molecule is CC(C)(C)CC(=O)N1CCN(S(=O)(=O)c2cc(C#N)ccc2Oc2cc(Cl)cc(Cl)c2)CC1. The van der Waals surface area contributed by atoms with E-state index in [0.29, 0.717) is 29.6 Å². The Morgan fingerprint density at radius 1 is 1.06 bits per heavy atom. The van der Waals surface area contributed by atoms with Crippen molar-refractivity contribution in [3.63, 3.8) is 0 Å². The van der Waals surface area contributed by atoms with E-state index < -0.39 is 10.0 Å². The van der Waals surface area contributed by atoms with E-state index in [1.54, 1.807) is 4.90 Å². The summed E-state index contributed by atoms with van der Waals surface area (Å²) in [6.07, 6.45) is 0.393. The standard InChI is InChI=1S/C23H25Cl2N3O4S/c1-23(2,3)14-22(29)27-6-8-28(9-7-27)33(30,31)21-10-16(15-26)4-5-20(21)32-19-12-17(24)11-18(25)13-19/h4-5,10-13H,6-9,14H2,1-3H3. The van der Waals surface area contributed by atoms with Crippen molar-refractivity contribution in [3.05, 3.63) is 52.0 Å².